The van der Waals surface area contributed by atoms with E-state index in [1.54, 1.807) is 0 Å². The molecule has 0 fully saturated rings. The molecule has 0 nitrogen and oxygen atoms in total. The average Bonchev–Trinajstić information content (AvgIpc) is 2.17. The molecule has 0 aliphatic carbocycles. The summed E-state index contributed by atoms with van der Waals surface area (Å²) in [5.41, 5.74) is 0. The van der Waals surface area contributed by atoms with Gasteiger partial charge in [0.25, 0.3) is 0 Å². The molecule has 1 heteroatoms. The van der Waals surface area contributed by atoms with Crippen LogP contribution in [0.2, 0.25) is 0 Å². The number of allylic oxidation sites excluding steroid dienone is 2. The molecule has 0 saturated heterocycles. The van der Waals surface area contributed by atoms with Crippen LogP contribution in [-0.2, 0) is 0 Å². The van der Waals surface area contributed by atoms with E-state index in [9.17, 15) is 0 Å². The quantitative estimate of drug-likeness (QED) is 0.371. The van der Waals surface area contributed by atoms with Crippen LogP contribution in [-0.4, -0.2) is 5.33 Å². The molecule has 0 saturated carbocycles. The van der Waals surface area contributed by atoms with Crippen LogP contribution in [0.1, 0.15) is 59.8 Å². The van der Waals surface area contributed by atoms with Gasteiger partial charge >= 0.3 is 0 Å². The number of hydrogen-bond donors (Lipinski definition) is 0. The van der Waals surface area contributed by atoms with Crippen molar-refractivity contribution in [1.82, 2.24) is 0 Å². The minimum absolute atomic E-state index is 0.759. The lowest BCUT2D eigenvalue weighted by Gasteiger charge is -2.09. The Hall–Kier alpha value is 0.220. The summed E-state index contributed by atoms with van der Waals surface area (Å²) in [5, 5.41) is 1.13. The van der Waals surface area contributed by atoms with Crippen LogP contribution in [0.15, 0.2) is 12.2 Å². The van der Waals surface area contributed by atoms with Gasteiger partial charge in [-0.05, 0) is 37.0 Å². The fourth-order valence-corrected chi connectivity index (χ4v) is 2.57. The third-order valence-electron chi connectivity index (χ3n) is 3.05. The Morgan fingerprint density at radius 2 is 1.69 bits per heavy atom. The Kier molecular flexibility index (Phi) is 10.5. The SMILES string of the molecule is CC(C)CCC[C@@H](C)C=CC[C@@H](C)CCBr. The van der Waals surface area contributed by atoms with Gasteiger partial charge in [0.1, 0.15) is 0 Å². The topological polar surface area (TPSA) is 0 Å². The summed E-state index contributed by atoms with van der Waals surface area (Å²) in [5.74, 6) is 2.43. The van der Waals surface area contributed by atoms with Crippen LogP contribution in [0, 0.1) is 17.8 Å². The normalized spacial score (nSPS) is 15.9. The van der Waals surface area contributed by atoms with E-state index in [2.05, 4.69) is 55.8 Å². The molecule has 0 aromatic rings. The molecular weight excluding hydrogens is 260 g/mol. The van der Waals surface area contributed by atoms with Crippen LogP contribution in [0.25, 0.3) is 0 Å². The van der Waals surface area contributed by atoms with E-state index in [0.29, 0.717) is 0 Å². The standard InChI is InChI=1S/C15H29Br/c1-13(2)7-5-8-14(3)9-6-10-15(4)11-12-16/h6,9,13-15H,5,7-8,10-12H2,1-4H3/t14-,15-/m1/s1. The molecule has 0 aromatic heterocycles. The van der Waals surface area contributed by atoms with Crippen LogP contribution >= 0.6 is 15.9 Å². The van der Waals surface area contributed by atoms with E-state index in [4.69, 9.17) is 0 Å². The number of rotatable bonds is 9. The average molecular weight is 289 g/mol. The maximum Gasteiger partial charge on any atom is 0.00339 e. The second-order valence-electron chi connectivity index (χ2n) is 5.55. The van der Waals surface area contributed by atoms with Gasteiger partial charge in [0.2, 0.25) is 0 Å². The Bertz CT molecular complexity index is 172. The first kappa shape index (κ1) is 16.2. The third-order valence-corrected chi connectivity index (χ3v) is 3.50. The van der Waals surface area contributed by atoms with Gasteiger partial charge < -0.3 is 0 Å². The molecule has 0 N–H and O–H groups in total. The molecular formula is C15H29Br. The highest BCUT2D eigenvalue weighted by atomic mass is 79.9. The summed E-state index contributed by atoms with van der Waals surface area (Å²) < 4.78 is 0. The van der Waals surface area contributed by atoms with Gasteiger partial charge in [-0.25, -0.2) is 0 Å². The lowest BCUT2D eigenvalue weighted by atomic mass is 9.98. The van der Waals surface area contributed by atoms with Gasteiger partial charge in [-0.2, -0.15) is 0 Å². The van der Waals surface area contributed by atoms with Gasteiger partial charge in [-0.3, -0.25) is 0 Å². The smallest absolute Gasteiger partial charge is 0.00339 e. The van der Waals surface area contributed by atoms with Crippen molar-refractivity contribution in [3.8, 4) is 0 Å². The van der Waals surface area contributed by atoms with Crippen LogP contribution in [0.3, 0.4) is 0 Å². The number of alkyl halides is 1. The van der Waals surface area contributed by atoms with Crippen molar-refractivity contribution in [1.29, 1.82) is 0 Å². The lowest BCUT2D eigenvalue weighted by Crippen LogP contribution is -1.95. The van der Waals surface area contributed by atoms with Crippen LogP contribution < -0.4 is 0 Å². The van der Waals surface area contributed by atoms with Crippen molar-refractivity contribution in [3.05, 3.63) is 12.2 Å². The minimum Gasteiger partial charge on any atom is -0.0928 e. The zero-order valence-corrected chi connectivity index (χ0v) is 13.1. The maximum atomic E-state index is 3.49. The molecule has 0 bridgehead atoms. The molecule has 0 unspecified atom stereocenters. The summed E-state index contributed by atoms with van der Waals surface area (Å²) in [7, 11) is 0. The Morgan fingerprint density at radius 1 is 1.00 bits per heavy atom. The van der Waals surface area contributed by atoms with Crippen molar-refractivity contribution >= 4 is 15.9 Å². The molecule has 0 rings (SSSR count). The number of hydrogen-bond acceptors (Lipinski definition) is 0. The highest BCUT2D eigenvalue weighted by molar-refractivity contribution is 9.09. The summed E-state index contributed by atoms with van der Waals surface area (Å²) in [6.45, 7) is 9.28. The van der Waals surface area contributed by atoms with Crippen molar-refractivity contribution in [2.24, 2.45) is 17.8 Å². The zero-order chi connectivity index (χ0) is 12.4. The van der Waals surface area contributed by atoms with Gasteiger partial charge in [0.05, 0.1) is 0 Å². The highest BCUT2D eigenvalue weighted by Gasteiger charge is 2.00. The van der Waals surface area contributed by atoms with Crippen molar-refractivity contribution in [3.63, 3.8) is 0 Å². The number of halogens is 1. The molecule has 0 heterocycles. The Morgan fingerprint density at radius 3 is 2.25 bits per heavy atom. The molecule has 0 aliphatic rings. The second kappa shape index (κ2) is 10.4. The molecule has 0 spiro atoms. The van der Waals surface area contributed by atoms with Gasteiger partial charge in [0.15, 0.2) is 0 Å². The van der Waals surface area contributed by atoms with Gasteiger partial charge in [-0.15, -0.1) is 0 Å². The Labute approximate surface area is 111 Å². The zero-order valence-electron chi connectivity index (χ0n) is 11.5. The third kappa shape index (κ3) is 10.7. The van der Waals surface area contributed by atoms with Crippen LogP contribution in [0.5, 0.6) is 0 Å². The fraction of sp³-hybridized carbons (Fsp3) is 0.867. The largest absolute Gasteiger partial charge is 0.0928 e. The molecule has 0 aliphatic heterocycles. The van der Waals surface area contributed by atoms with Crippen molar-refractivity contribution in [2.45, 2.75) is 59.8 Å². The van der Waals surface area contributed by atoms with Gasteiger partial charge in [0, 0.05) is 5.33 Å². The van der Waals surface area contributed by atoms with Crippen LogP contribution in [0.4, 0.5) is 0 Å². The summed E-state index contributed by atoms with van der Waals surface area (Å²) in [6, 6.07) is 0. The summed E-state index contributed by atoms with van der Waals surface area (Å²) in [6.07, 6.45) is 11.4. The first-order valence-electron chi connectivity index (χ1n) is 6.78. The summed E-state index contributed by atoms with van der Waals surface area (Å²) in [4.78, 5) is 0. The Balaban J connectivity index is 3.53. The lowest BCUT2D eigenvalue weighted by molar-refractivity contribution is 0.500. The first-order valence-corrected chi connectivity index (χ1v) is 7.91. The monoisotopic (exact) mass is 288 g/mol. The van der Waals surface area contributed by atoms with Crippen molar-refractivity contribution in [2.75, 3.05) is 5.33 Å². The molecule has 0 radical (unpaired) electrons. The predicted molar refractivity (Wildman–Crippen MR) is 79.2 cm³/mol. The van der Waals surface area contributed by atoms with Crippen molar-refractivity contribution < 1.29 is 0 Å². The van der Waals surface area contributed by atoms with E-state index in [1.807, 2.05) is 0 Å². The van der Waals surface area contributed by atoms with E-state index >= 15 is 0 Å². The summed E-state index contributed by atoms with van der Waals surface area (Å²) >= 11 is 3.49. The molecule has 2 atom stereocenters. The van der Waals surface area contributed by atoms with Gasteiger partial charge in [-0.1, -0.05) is 68.6 Å². The van der Waals surface area contributed by atoms with E-state index < -0.39 is 0 Å². The minimum atomic E-state index is 0.759. The van der Waals surface area contributed by atoms with E-state index in [1.165, 1.54) is 32.1 Å². The predicted octanol–water partition coefficient (Wildman–Crippen LogP) is 5.82. The second-order valence-corrected chi connectivity index (χ2v) is 6.34. The molecule has 16 heavy (non-hydrogen) atoms. The van der Waals surface area contributed by atoms with E-state index in [-0.39, 0.29) is 0 Å². The first-order chi connectivity index (χ1) is 7.56. The van der Waals surface area contributed by atoms with E-state index in [0.717, 1.165) is 23.1 Å². The molecule has 0 amide bonds. The fourth-order valence-electron chi connectivity index (χ4n) is 1.79. The maximum absolute atomic E-state index is 3.49. The highest BCUT2D eigenvalue weighted by Crippen LogP contribution is 2.15. The molecule has 0 aromatic carbocycles. The molecule has 96 valence electrons.